The number of aromatic hydroxyl groups is 1. The van der Waals surface area contributed by atoms with Gasteiger partial charge in [0.1, 0.15) is 11.6 Å². The molecule has 110 valence electrons. The summed E-state index contributed by atoms with van der Waals surface area (Å²) in [5, 5.41) is 9.91. The summed E-state index contributed by atoms with van der Waals surface area (Å²) in [7, 11) is 0. The highest BCUT2D eigenvalue weighted by Gasteiger charge is 2.11. The van der Waals surface area contributed by atoms with Gasteiger partial charge in [-0.25, -0.2) is 0 Å². The summed E-state index contributed by atoms with van der Waals surface area (Å²) in [5.41, 5.74) is 16.0. The summed E-state index contributed by atoms with van der Waals surface area (Å²) in [5.74, 6) is 0.684. The Labute approximate surface area is 128 Å². The lowest BCUT2D eigenvalue weighted by atomic mass is 10.0. The van der Waals surface area contributed by atoms with Gasteiger partial charge in [-0.2, -0.15) is 0 Å². The van der Waals surface area contributed by atoms with Crippen LogP contribution in [0.1, 0.15) is 11.1 Å². The molecule has 0 aliphatic carbocycles. The van der Waals surface area contributed by atoms with Crippen molar-refractivity contribution in [2.24, 2.45) is 5.73 Å². The predicted molar refractivity (Wildman–Crippen MR) is 90.8 cm³/mol. The van der Waals surface area contributed by atoms with Crippen molar-refractivity contribution in [3.63, 3.8) is 0 Å². The summed E-state index contributed by atoms with van der Waals surface area (Å²) < 4.78 is 0. The Morgan fingerprint density at radius 3 is 2.41 bits per heavy atom. The van der Waals surface area contributed by atoms with Gasteiger partial charge in [0.25, 0.3) is 0 Å². The summed E-state index contributed by atoms with van der Waals surface area (Å²) in [6, 6.07) is 16.9. The summed E-state index contributed by atoms with van der Waals surface area (Å²) >= 11 is 0. The second-order valence-corrected chi connectivity index (χ2v) is 5.01. The van der Waals surface area contributed by atoms with Crippen LogP contribution in [-0.2, 0) is 0 Å². The van der Waals surface area contributed by atoms with Crippen molar-refractivity contribution < 1.29 is 5.11 Å². The Hall–Kier alpha value is -3.14. The molecule has 0 atom stereocenters. The number of anilines is 1. The molecule has 3 rings (SSSR count). The molecule has 22 heavy (non-hydrogen) atoms. The second kappa shape index (κ2) is 5.69. The van der Waals surface area contributed by atoms with E-state index in [9.17, 15) is 5.11 Å². The lowest BCUT2D eigenvalue weighted by Gasteiger charge is -2.06. The molecule has 0 radical (unpaired) electrons. The number of H-pyrrole nitrogens is 1. The Kier molecular flexibility index (Phi) is 3.58. The van der Waals surface area contributed by atoms with E-state index >= 15 is 0 Å². The minimum atomic E-state index is 0.145. The van der Waals surface area contributed by atoms with Crippen LogP contribution in [0.15, 0.2) is 60.8 Å². The van der Waals surface area contributed by atoms with E-state index in [2.05, 4.69) is 4.98 Å². The van der Waals surface area contributed by atoms with Gasteiger partial charge in [0.2, 0.25) is 0 Å². The summed E-state index contributed by atoms with van der Waals surface area (Å²) in [6.07, 6.45) is 3.64. The van der Waals surface area contributed by atoms with Crippen molar-refractivity contribution in [2.75, 3.05) is 5.73 Å². The molecule has 0 spiro atoms. The van der Waals surface area contributed by atoms with E-state index in [1.807, 2.05) is 42.6 Å². The number of para-hydroxylation sites is 1. The van der Waals surface area contributed by atoms with E-state index < -0.39 is 0 Å². The fourth-order valence-corrected chi connectivity index (χ4v) is 2.41. The minimum absolute atomic E-state index is 0.145. The smallest absolute Gasteiger partial charge is 0.124 e. The van der Waals surface area contributed by atoms with Crippen LogP contribution in [0.2, 0.25) is 0 Å². The van der Waals surface area contributed by atoms with Crippen molar-refractivity contribution in [3.8, 4) is 16.9 Å². The highest BCUT2D eigenvalue weighted by molar-refractivity contribution is 5.90. The van der Waals surface area contributed by atoms with Gasteiger partial charge in [-0.05, 0) is 23.8 Å². The fourth-order valence-electron chi connectivity index (χ4n) is 2.41. The second-order valence-electron chi connectivity index (χ2n) is 5.01. The quantitative estimate of drug-likeness (QED) is 0.596. The van der Waals surface area contributed by atoms with Gasteiger partial charge >= 0.3 is 0 Å². The molecule has 3 aromatic rings. The third kappa shape index (κ3) is 2.54. The highest BCUT2D eigenvalue weighted by atomic mass is 16.3. The lowest BCUT2D eigenvalue weighted by molar-refractivity contribution is 0.473. The van der Waals surface area contributed by atoms with Gasteiger partial charge in [-0.1, -0.05) is 42.5 Å². The van der Waals surface area contributed by atoms with E-state index in [1.165, 1.54) is 0 Å². The molecule has 1 heterocycles. The Morgan fingerprint density at radius 2 is 1.68 bits per heavy atom. The molecule has 0 saturated carbocycles. The van der Waals surface area contributed by atoms with Crippen LogP contribution in [0.5, 0.6) is 5.75 Å². The van der Waals surface area contributed by atoms with Crippen LogP contribution in [0, 0.1) is 0 Å². The molecule has 4 heteroatoms. The number of phenolic OH excluding ortho intramolecular Hbond substituents is 1. The monoisotopic (exact) mass is 291 g/mol. The average Bonchev–Trinajstić information content (AvgIpc) is 2.89. The van der Waals surface area contributed by atoms with E-state index in [4.69, 9.17) is 11.5 Å². The van der Waals surface area contributed by atoms with Crippen LogP contribution in [0.25, 0.3) is 22.9 Å². The topological polar surface area (TPSA) is 88.1 Å². The first kappa shape index (κ1) is 13.8. The number of nitrogens with one attached hydrogen (secondary N) is 1. The van der Waals surface area contributed by atoms with Gasteiger partial charge in [0.15, 0.2) is 0 Å². The molecule has 0 fully saturated rings. The maximum absolute atomic E-state index is 9.91. The minimum Gasteiger partial charge on any atom is -0.507 e. The fraction of sp³-hybridized carbons (Fsp3) is 0. The molecular weight excluding hydrogens is 274 g/mol. The van der Waals surface area contributed by atoms with E-state index in [0.717, 1.165) is 16.7 Å². The SMILES string of the molecule is N/C(=C\c1c(-c2ccccc2)c[nH]c1N)c1ccccc1O. The molecule has 1 aromatic heterocycles. The van der Waals surface area contributed by atoms with E-state index in [0.29, 0.717) is 17.1 Å². The van der Waals surface area contributed by atoms with Gasteiger partial charge in [-0.15, -0.1) is 0 Å². The maximum Gasteiger partial charge on any atom is 0.124 e. The lowest BCUT2D eigenvalue weighted by Crippen LogP contribution is -1.97. The van der Waals surface area contributed by atoms with Gasteiger partial charge < -0.3 is 21.6 Å². The molecular formula is C18H17N3O. The Bertz CT molecular complexity index is 819. The molecule has 4 nitrogen and oxygen atoms in total. The molecule has 0 amide bonds. The van der Waals surface area contributed by atoms with Crippen molar-refractivity contribution in [1.29, 1.82) is 0 Å². The van der Waals surface area contributed by atoms with Gasteiger partial charge in [-0.3, -0.25) is 0 Å². The summed E-state index contributed by atoms with van der Waals surface area (Å²) in [4.78, 5) is 3.02. The average molecular weight is 291 g/mol. The standard InChI is InChI=1S/C18H17N3O/c19-16(13-8-4-5-9-17(13)22)10-14-15(11-21-18(14)20)12-6-2-1-3-7-12/h1-11,21-22H,19-20H2/b16-10-. The number of hydrogen-bond donors (Lipinski definition) is 4. The zero-order chi connectivity index (χ0) is 15.5. The maximum atomic E-state index is 9.91. The number of hydrogen-bond acceptors (Lipinski definition) is 3. The first-order valence-electron chi connectivity index (χ1n) is 6.94. The first-order valence-corrected chi connectivity index (χ1v) is 6.94. The number of aromatic amines is 1. The summed E-state index contributed by atoms with van der Waals surface area (Å²) in [6.45, 7) is 0. The molecule has 0 aliphatic rings. The van der Waals surface area contributed by atoms with Crippen molar-refractivity contribution in [3.05, 3.63) is 71.9 Å². The van der Waals surface area contributed by atoms with Crippen LogP contribution >= 0.6 is 0 Å². The zero-order valence-corrected chi connectivity index (χ0v) is 12.0. The third-order valence-corrected chi connectivity index (χ3v) is 3.55. The number of benzene rings is 2. The van der Waals surface area contributed by atoms with Crippen LogP contribution in [0.3, 0.4) is 0 Å². The molecule has 0 aliphatic heterocycles. The first-order chi connectivity index (χ1) is 10.7. The van der Waals surface area contributed by atoms with Crippen molar-refractivity contribution in [1.82, 2.24) is 4.98 Å². The Balaban J connectivity index is 2.08. The van der Waals surface area contributed by atoms with Crippen molar-refractivity contribution >= 4 is 17.6 Å². The predicted octanol–water partition coefficient (Wildman–Crippen LogP) is 3.43. The Morgan fingerprint density at radius 1 is 1.00 bits per heavy atom. The van der Waals surface area contributed by atoms with E-state index in [1.54, 1.807) is 24.3 Å². The van der Waals surface area contributed by atoms with Crippen LogP contribution in [-0.4, -0.2) is 10.1 Å². The van der Waals surface area contributed by atoms with Crippen LogP contribution < -0.4 is 11.5 Å². The molecule has 0 unspecified atom stereocenters. The number of aromatic nitrogens is 1. The molecule has 6 N–H and O–H groups in total. The zero-order valence-electron chi connectivity index (χ0n) is 12.0. The van der Waals surface area contributed by atoms with Gasteiger partial charge in [0, 0.05) is 28.6 Å². The van der Waals surface area contributed by atoms with Crippen LogP contribution in [0.4, 0.5) is 5.82 Å². The highest BCUT2D eigenvalue weighted by Crippen LogP contribution is 2.31. The normalized spacial score (nSPS) is 11.5. The number of nitrogens with two attached hydrogens (primary N) is 2. The molecule has 0 bridgehead atoms. The molecule has 0 saturated heterocycles. The largest absolute Gasteiger partial charge is 0.507 e. The van der Waals surface area contributed by atoms with Gasteiger partial charge in [0.05, 0.1) is 0 Å². The number of phenols is 1. The number of rotatable bonds is 3. The number of nitrogen functional groups attached to an aromatic ring is 1. The van der Waals surface area contributed by atoms with Crippen molar-refractivity contribution in [2.45, 2.75) is 0 Å². The van der Waals surface area contributed by atoms with E-state index in [-0.39, 0.29) is 5.75 Å². The molecule has 2 aromatic carbocycles. The third-order valence-electron chi connectivity index (χ3n) is 3.55.